The van der Waals surface area contributed by atoms with Crippen LogP contribution < -0.4 is 0 Å². The minimum absolute atomic E-state index is 0.155. The molecule has 0 aliphatic carbocycles. The third-order valence-corrected chi connectivity index (χ3v) is 2.14. The standard InChI is InChI=1S/C10H10N2O2/c13-9(14)4-3-7-6-12-10-8(7)2-1-5-11-10/h1-2,5-6H,3-4H2,(H,11,12)(H,13,14). The first-order valence-corrected chi connectivity index (χ1v) is 4.40. The van der Waals surface area contributed by atoms with Gasteiger partial charge in [0, 0.05) is 24.2 Å². The molecule has 0 spiro atoms. The van der Waals surface area contributed by atoms with Crippen molar-refractivity contribution in [3.63, 3.8) is 0 Å². The predicted octanol–water partition coefficient (Wildman–Crippen LogP) is 1.58. The Morgan fingerprint density at radius 1 is 1.57 bits per heavy atom. The number of nitrogens with one attached hydrogen (secondary N) is 1. The Kier molecular flexibility index (Phi) is 2.18. The lowest BCUT2D eigenvalue weighted by Crippen LogP contribution is -1.96. The van der Waals surface area contributed by atoms with E-state index in [4.69, 9.17) is 5.11 Å². The average Bonchev–Trinajstić information content (AvgIpc) is 2.58. The van der Waals surface area contributed by atoms with Gasteiger partial charge in [0.05, 0.1) is 0 Å². The fourth-order valence-corrected chi connectivity index (χ4v) is 1.46. The van der Waals surface area contributed by atoms with Gasteiger partial charge < -0.3 is 10.1 Å². The summed E-state index contributed by atoms with van der Waals surface area (Å²) in [5, 5.41) is 9.57. The second-order valence-corrected chi connectivity index (χ2v) is 3.11. The molecule has 0 radical (unpaired) electrons. The molecule has 14 heavy (non-hydrogen) atoms. The van der Waals surface area contributed by atoms with E-state index in [0.717, 1.165) is 16.6 Å². The topological polar surface area (TPSA) is 66.0 Å². The maximum absolute atomic E-state index is 10.4. The Balaban J connectivity index is 2.29. The Morgan fingerprint density at radius 2 is 2.43 bits per heavy atom. The lowest BCUT2D eigenvalue weighted by molar-refractivity contribution is -0.136. The predicted molar refractivity (Wildman–Crippen MR) is 52.1 cm³/mol. The number of aliphatic carboxylic acids is 1. The number of carboxylic acids is 1. The van der Waals surface area contributed by atoms with Gasteiger partial charge in [0.25, 0.3) is 0 Å². The third-order valence-electron chi connectivity index (χ3n) is 2.14. The van der Waals surface area contributed by atoms with Crippen molar-refractivity contribution >= 4 is 17.0 Å². The lowest BCUT2D eigenvalue weighted by atomic mass is 10.1. The molecule has 2 heterocycles. The summed E-state index contributed by atoms with van der Waals surface area (Å²) in [6.45, 7) is 0. The van der Waals surface area contributed by atoms with Crippen molar-refractivity contribution in [3.8, 4) is 0 Å². The van der Waals surface area contributed by atoms with Gasteiger partial charge in [-0.15, -0.1) is 0 Å². The monoisotopic (exact) mass is 190 g/mol. The molecule has 2 aromatic heterocycles. The Bertz CT molecular complexity index is 462. The van der Waals surface area contributed by atoms with E-state index < -0.39 is 5.97 Å². The van der Waals surface area contributed by atoms with E-state index >= 15 is 0 Å². The summed E-state index contributed by atoms with van der Waals surface area (Å²) < 4.78 is 0. The average molecular weight is 190 g/mol. The van der Waals surface area contributed by atoms with Crippen molar-refractivity contribution in [3.05, 3.63) is 30.1 Å². The van der Waals surface area contributed by atoms with Crippen LogP contribution in [0.25, 0.3) is 11.0 Å². The molecule has 0 aromatic carbocycles. The molecule has 0 bridgehead atoms. The molecule has 0 unspecified atom stereocenters. The van der Waals surface area contributed by atoms with E-state index in [9.17, 15) is 4.79 Å². The van der Waals surface area contributed by atoms with Crippen LogP contribution in [0.15, 0.2) is 24.5 Å². The van der Waals surface area contributed by atoms with E-state index in [1.165, 1.54) is 0 Å². The highest BCUT2D eigenvalue weighted by Gasteiger charge is 2.05. The van der Waals surface area contributed by atoms with Crippen LogP contribution in [-0.2, 0) is 11.2 Å². The molecule has 2 aromatic rings. The SMILES string of the molecule is O=C(O)CCc1c[nH]c2ncccc12. The number of pyridine rings is 1. The molecule has 0 saturated heterocycles. The lowest BCUT2D eigenvalue weighted by Gasteiger charge is -1.94. The van der Waals surface area contributed by atoms with Gasteiger partial charge in [0.2, 0.25) is 0 Å². The van der Waals surface area contributed by atoms with Gasteiger partial charge in [-0.05, 0) is 24.1 Å². The number of nitrogens with zero attached hydrogens (tertiary/aromatic N) is 1. The summed E-state index contributed by atoms with van der Waals surface area (Å²) >= 11 is 0. The second-order valence-electron chi connectivity index (χ2n) is 3.11. The van der Waals surface area contributed by atoms with Crippen molar-refractivity contribution in [2.45, 2.75) is 12.8 Å². The minimum atomic E-state index is -0.775. The number of carboxylic acid groups (broad SMARTS) is 1. The number of H-pyrrole nitrogens is 1. The minimum Gasteiger partial charge on any atom is -0.481 e. The van der Waals surface area contributed by atoms with Crippen molar-refractivity contribution in [1.82, 2.24) is 9.97 Å². The summed E-state index contributed by atoms with van der Waals surface area (Å²) in [5.41, 5.74) is 1.82. The van der Waals surface area contributed by atoms with Gasteiger partial charge in [-0.3, -0.25) is 4.79 Å². The third kappa shape index (κ3) is 1.59. The highest BCUT2D eigenvalue weighted by atomic mass is 16.4. The number of hydrogen-bond acceptors (Lipinski definition) is 2. The molecule has 4 heteroatoms. The molecule has 0 saturated carbocycles. The molecular formula is C10H10N2O2. The molecule has 72 valence electrons. The normalized spacial score (nSPS) is 10.6. The van der Waals surface area contributed by atoms with E-state index in [0.29, 0.717) is 6.42 Å². The Morgan fingerprint density at radius 3 is 3.21 bits per heavy atom. The first-order valence-electron chi connectivity index (χ1n) is 4.40. The van der Waals surface area contributed by atoms with Gasteiger partial charge in [0.1, 0.15) is 5.65 Å². The van der Waals surface area contributed by atoms with Crippen molar-refractivity contribution < 1.29 is 9.90 Å². The van der Waals surface area contributed by atoms with Crippen LogP contribution in [0.5, 0.6) is 0 Å². The maximum Gasteiger partial charge on any atom is 0.303 e. The second kappa shape index (κ2) is 3.49. The van der Waals surface area contributed by atoms with Crippen LogP contribution in [0.4, 0.5) is 0 Å². The summed E-state index contributed by atoms with van der Waals surface area (Å²) in [6, 6.07) is 3.79. The Labute approximate surface area is 80.6 Å². The molecule has 2 rings (SSSR count). The molecule has 0 atom stereocenters. The number of aromatic nitrogens is 2. The first-order chi connectivity index (χ1) is 6.77. The molecule has 0 aliphatic rings. The van der Waals surface area contributed by atoms with E-state index in [2.05, 4.69) is 9.97 Å². The zero-order valence-electron chi connectivity index (χ0n) is 7.53. The first kappa shape index (κ1) is 8.74. The number of aromatic amines is 1. The number of hydrogen-bond donors (Lipinski definition) is 2. The van der Waals surface area contributed by atoms with Crippen LogP contribution in [0.3, 0.4) is 0 Å². The number of rotatable bonds is 3. The summed E-state index contributed by atoms with van der Waals surface area (Å²) in [6.07, 6.45) is 4.23. The highest BCUT2D eigenvalue weighted by Crippen LogP contribution is 2.16. The van der Waals surface area contributed by atoms with Crippen molar-refractivity contribution in [1.29, 1.82) is 0 Å². The van der Waals surface area contributed by atoms with E-state index in [1.807, 2.05) is 18.3 Å². The molecule has 0 aliphatic heterocycles. The van der Waals surface area contributed by atoms with Crippen molar-refractivity contribution in [2.24, 2.45) is 0 Å². The molecule has 0 amide bonds. The van der Waals surface area contributed by atoms with E-state index in [-0.39, 0.29) is 6.42 Å². The maximum atomic E-state index is 10.4. The van der Waals surface area contributed by atoms with Crippen LogP contribution in [0.1, 0.15) is 12.0 Å². The summed E-state index contributed by atoms with van der Waals surface area (Å²) in [5.74, 6) is -0.775. The highest BCUT2D eigenvalue weighted by molar-refractivity contribution is 5.80. The van der Waals surface area contributed by atoms with Gasteiger partial charge in [-0.1, -0.05) is 0 Å². The molecular weight excluding hydrogens is 180 g/mol. The molecule has 2 N–H and O–H groups in total. The molecule has 4 nitrogen and oxygen atoms in total. The zero-order chi connectivity index (χ0) is 9.97. The smallest absolute Gasteiger partial charge is 0.303 e. The number of carbonyl (C=O) groups is 1. The van der Waals surface area contributed by atoms with Crippen LogP contribution in [-0.4, -0.2) is 21.0 Å². The van der Waals surface area contributed by atoms with Gasteiger partial charge in [0.15, 0.2) is 0 Å². The zero-order valence-corrected chi connectivity index (χ0v) is 7.53. The molecule has 0 fully saturated rings. The summed E-state index contributed by atoms with van der Waals surface area (Å²) in [7, 11) is 0. The number of fused-ring (bicyclic) bond motifs is 1. The van der Waals surface area contributed by atoms with Gasteiger partial charge in [-0.2, -0.15) is 0 Å². The van der Waals surface area contributed by atoms with Gasteiger partial charge in [-0.25, -0.2) is 4.98 Å². The van der Waals surface area contributed by atoms with Crippen LogP contribution >= 0.6 is 0 Å². The van der Waals surface area contributed by atoms with Crippen LogP contribution in [0.2, 0.25) is 0 Å². The fraction of sp³-hybridized carbons (Fsp3) is 0.200. The van der Waals surface area contributed by atoms with Gasteiger partial charge >= 0.3 is 5.97 Å². The summed E-state index contributed by atoms with van der Waals surface area (Å²) in [4.78, 5) is 17.5. The largest absolute Gasteiger partial charge is 0.481 e. The fourth-order valence-electron chi connectivity index (χ4n) is 1.46. The van der Waals surface area contributed by atoms with E-state index in [1.54, 1.807) is 6.20 Å². The quantitative estimate of drug-likeness (QED) is 0.772. The Hall–Kier alpha value is -1.84. The van der Waals surface area contributed by atoms with Crippen molar-refractivity contribution in [2.75, 3.05) is 0 Å². The van der Waals surface area contributed by atoms with Crippen LogP contribution in [0, 0.1) is 0 Å². The number of aryl methyl sites for hydroxylation is 1.